The second-order valence-electron chi connectivity index (χ2n) is 5.67. The van der Waals surface area contributed by atoms with E-state index in [4.69, 9.17) is 4.74 Å². The van der Waals surface area contributed by atoms with Crippen molar-refractivity contribution in [1.82, 2.24) is 15.6 Å². The maximum absolute atomic E-state index is 12.2. The summed E-state index contributed by atoms with van der Waals surface area (Å²) in [5, 5.41) is 7.19. The summed E-state index contributed by atoms with van der Waals surface area (Å²) in [6.07, 6.45) is 0.847. The topological polar surface area (TPSA) is 63.2 Å². The number of aromatic nitrogens is 1. The second kappa shape index (κ2) is 7.21. The molecular formula is C17H21N3O2S. The van der Waals surface area contributed by atoms with Crippen molar-refractivity contribution < 1.29 is 9.53 Å². The number of methoxy groups -OCH3 is 1. The first-order chi connectivity index (χ1) is 11.2. The van der Waals surface area contributed by atoms with Gasteiger partial charge in [0.25, 0.3) is 0 Å². The van der Waals surface area contributed by atoms with Gasteiger partial charge in [0, 0.05) is 24.1 Å². The Labute approximate surface area is 140 Å². The van der Waals surface area contributed by atoms with Crippen molar-refractivity contribution in [2.24, 2.45) is 0 Å². The SMILES string of the molecule is CO[C@@H]1CN[C@@H](C(=O)NCc2sc(-c3ccccc3)nc2C)C1. The van der Waals surface area contributed by atoms with Crippen molar-refractivity contribution >= 4 is 17.2 Å². The van der Waals surface area contributed by atoms with Gasteiger partial charge in [-0.2, -0.15) is 0 Å². The molecule has 1 aromatic heterocycles. The number of benzene rings is 1. The van der Waals surface area contributed by atoms with Crippen LogP contribution in [0.2, 0.25) is 0 Å². The Balaban J connectivity index is 1.61. The zero-order valence-corrected chi connectivity index (χ0v) is 14.2. The van der Waals surface area contributed by atoms with Gasteiger partial charge in [0.05, 0.1) is 24.4 Å². The molecule has 1 aliphatic heterocycles. The van der Waals surface area contributed by atoms with Crippen molar-refractivity contribution in [3.05, 3.63) is 40.9 Å². The predicted octanol–water partition coefficient (Wildman–Crippen LogP) is 2.11. The number of carbonyl (C=O) groups excluding carboxylic acids is 1. The number of thiazole rings is 1. The number of nitrogens with one attached hydrogen (secondary N) is 2. The fourth-order valence-electron chi connectivity index (χ4n) is 2.67. The molecule has 23 heavy (non-hydrogen) atoms. The molecule has 6 heteroatoms. The van der Waals surface area contributed by atoms with Crippen LogP contribution in [0.3, 0.4) is 0 Å². The van der Waals surface area contributed by atoms with E-state index < -0.39 is 0 Å². The molecule has 2 aromatic rings. The Morgan fingerprint density at radius 3 is 2.91 bits per heavy atom. The van der Waals surface area contributed by atoms with Gasteiger partial charge in [-0.3, -0.25) is 4.79 Å². The lowest BCUT2D eigenvalue weighted by atomic mass is 10.2. The largest absolute Gasteiger partial charge is 0.380 e. The van der Waals surface area contributed by atoms with Gasteiger partial charge in [-0.05, 0) is 13.3 Å². The average molecular weight is 331 g/mol. The van der Waals surface area contributed by atoms with E-state index in [1.54, 1.807) is 18.4 Å². The van der Waals surface area contributed by atoms with E-state index in [1.807, 2.05) is 37.3 Å². The third kappa shape index (κ3) is 3.77. The lowest BCUT2D eigenvalue weighted by Gasteiger charge is -2.10. The molecule has 0 unspecified atom stereocenters. The van der Waals surface area contributed by atoms with E-state index in [0.29, 0.717) is 6.54 Å². The first kappa shape index (κ1) is 16.1. The first-order valence-electron chi connectivity index (χ1n) is 7.73. The summed E-state index contributed by atoms with van der Waals surface area (Å²) < 4.78 is 5.28. The molecule has 5 nitrogen and oxygen atoms in total. The normalized spacial score (nSPS) is 20.6. The minimum absolute atomic E-state index is 0.0265. The maximum atomic E-state index is 12.2. The molecule has 0 saturated carbocycles. The van der Waals surface area contributed by atoms with Crippen LogP contribution < -0.4 is 10.6 Å². The van der Waals surface area contributed by atoms with Crippen LogP contribution in [-0.2, 0) is 16.1 Å². The van der Waals surface area contributed by atoms with Gasteiger partial charge in [0.15, 0.2) is 0 Å². The molecule has 1 amide bonds. The second-order valence-corrected chi connectivity index (χ2v) is 6.75. The Kier molecular flexibility index (Phi) is 5.05. The molecular weight excluding hydrogens is 310 g/mol. The van der Waals surface area contributed by atoms with Crippen LogP contribution in [0.4, 0.5) is 0 Å². The lowest BCUT2D eigenvalue weighted by Crippen LogP contribution is -2.39. The number of nitrogens with zero attached hydrogens (tertiary/aromatic N) is 1. The molecule has 1 fully saturated rings. The third-order valence-corrected chi connectivity index (χ3v) is 5.28. The molecule has 122 valence electrons. The standard InChI is InChI=1S/C17H21N3O2S/c1-11-15(23-17(20-11)12-6-4-3-5-7-12)10-19-16(21)14-8-13(22-2)9-18-14/h3-7,13-14,18H,8-10H2,1-2H3,(H,19,21)/t13-,14+/m0/s1. The molecule has 2 heterocycles. The van der Waals surface area contributed by atoms with Gasteiger partial charge in [0.2, 0.25) is 5.91 Å². The summed E-state index contributed by atoms with van der Waals surface area (Å²) in [4.78, 5) is 17.9. The van der Waals surface area contributed by atoms with E-state index in [2.05, 4.69) is 15.6 Å². The van der Waals surface area contributed by atoms with E-state index in [1.165, 1.54) is 0 Å². The van der Waals surface area contributed by atoms with E-state index >= 15 is 0 Å². The van der Waals surface area contributed by atoms with E-state index in [9.17, 15) is 4.79 Å². The molecule has 0 bridgehead atoms. The fourth-order valence-corrected chi connectivity index (χ4v) is 3.68. The van der Waals surface area contributed by atoms with Crippen LogP contribution in [0.1, 0.15) is 17.0 Å². The van der Waals surface area contributed by atoms with Crippen molar-refractivity contribution in [1.29, 1.82) is 0 Å². The Morgan fingerprint density at radius 2 is 2.22 bits per heavy atom. The maximum Gasteiger partial charge on any atom is 0.237 e. The van der Waals surface area contributed by atoms with Crippen molar-refractivity contribution in [3.8, 4) is 10.6 Å². The number of hydrogen-bond acceptors (Lipinski definition) is 5. The molecule has 0 spiro atoms. The summed E-state index contributed by atoms with van der Waals surface area (Å²) in [6.45, 7) is 3.23. The summed E-state index contributed by atoms with van der Waals surface area (Å²) in [7, 11) is 1.68. The number of ether oxygens (including phenoxy) is 1. The number of rotatable bonds is 5. The zero-order valence-electron chi connectivity index (χ0n) is 13.3. The Hall–Kier alpha value is -1.76. The molecule has 3 rings (SSSR count). The van der Waals surface area contributed by atoms with Crippen molar-refractivity contribution in [2.75, 3.05) is 13.7 Å². The van der Waals surface area contributed by atoms with Gasteiger partial charge in [-0.15, -0.1) is 11.3 Å². The first-order valence-corrected chi connectivity index (χ1v) is 8.54. The molecule has 2 N–H and O–H groups in total. The highest BCUT2D eigenvalue weighted by Gasteiger charge is 2.29. The minimum Gasteiger partial charge on any atom is -0.380 e. The van der Waals surface area contributed by atoms with Gasteiger partial charge >= 0.3 is 0 Å². The number of amides is 1. The minimum atomic E-state index is -0.165. The third-order valence-electron chi connectivity index (χ3n) is 4.08. The zero-order chi connectivity index (χ0) is 16.2. The highest BCUT2D eigenvalue weighted by Crippen LogP contribution is 2.27. The Morgan fingerprint density at radius 1 is 1.43 bits per heavy atom. The smallest absolute Gasteiger partial charge is 0.237 e. The summed E-state index contributed by atoms with van der Waals surface area (Å²) >= 11 is 1.63. The van der Waals surface area contributed by atoms with Crippen LogP contribution in [0.25, 0.3) is 10.6 Å². The van der Waals surface area contributed by atoms with Gasteiger partial charge in [-0.25, -0.2) is 4.98 Å². The van der Waals surface area contributed by atoms with Gasteiger partial charge in [0.1, 0.15) is 5.01 Å². The van der Waals surface area contributed by atoms with Crippen LogP contribution >= 0.6 is 11.3 Å². The molecule has 1 aliphatic rings. The van der Waals surface area contributed by atoms with Crippen LogP contribution in [0, 0.1) is 6.92 Å². The van der Waals surface area contributed by atoms with Crippen LogP contribution in [0.15, 0.2) is 30.3 Å². The summed E-state index contributed by atoms with van der Waals surface area (Å²) in [5.74, 6) is 0.0265. The average Bonchev–Trinajstić information content (AvgIpc) is 3.20. The van der Waals surface area contributed by atoms with E-state index in [0.717, 1.165) is 34.1 Å². The summed E-state index contributed by atoms with van der Waals surface area (Å²) in [5.41, 5.74) is 2.09. The van der Waals surface area contributed by atoms with Crippen LogP contribution in [-0.4, -0.2) is 36.7 Å². The van der Waals surface area contributed by atoms with E-state index in [-0.39, 0.29) is 18.1 Å². The number of carbonyl (C=O) groups is 1. The Bertz CT molecular complexity index is 672. The number of aryl methyl sites for hydroxylation is 1. The number of hydrogen-bond donors (Lipinski definition) is 2. The van der Waals surface area contributed by atoms with Gasteiger partial charge in [-0.1, -0.05) is 30.3 Å². The predicted molar refractivity (Wildman–Crippen MR) is 91.3 cm³/mol. The molecule has 1 saturated heterocycles. The van der Waals surface area contributed by atoms with Crippen molar-refractivity contribution in [3.63, 3.8) is 0 Å². The quantitative estimate of drug-likeness (QED) is 0.881. The highest BCUT2D eigenvalue weighted by atomic mass is 32.1. The fraction of sp³-hybridized carbons (Fsp3) is 0.412. The summed E-state index contributed by atoms with van der Waals surface area (Å²) in [6, 6.07) is 9.94. The molecule has 0 radical (unpaired) electrons. The molecule has 1 aromatic carbocycles. The van der Waals surface area contributed by atoms with Crippen molar-refractivity contribution in [2.45, 2.75) is 32.0 Å². The van der Waals surface area contributed by atoms with Gasteiger partial charge < -0.3 is 15.4 Å². The van der Waals surface area contributed by atoms with Crippen LogP contribution in [0.5, 0.6) is 0 Å². The molecule has 2 atom stereocenters. The monoisotopic (exact) mass is 331 g/mol. The lowest BCUT2D eigenvalue weighted by molar-refractivity contribution is -0.123. The highest BCUT2D eigenvalue weighted by molar-refractivity contribution is 7.15. The molecule has 0 aliphatic carbocycles.